The number of thioether (sulfide) groups is 1. The van der Waals surface area contributed by atoms with Crippen LogP contribution >= 0.6 is 23.4 Å². The van der Waals surface area contributed by atoms with Gasteiger partial charge in [-0.1, -0.05) is 35.5 Å². The van der Waals surface area contributed by atoms with Crippen LogP contribution in [0.4, 0.5) is 5.69 Å². The zero-order valence-corrected chi connectivity index (χ0v) is 14.3. The standard InChI is InChI=1S/C16H14ClN5OS/c1-10(15(23)19-13-5-3-2-4-12(13)17)24-16-20-14(21-22-16)11-6-8-18-9-7-11/h2-10H,1H3,(H,19,23)(H,20,21,22)/t10-/m0/s1. The van der Waals surface area contributed by atoms with Crippen LogP contribution in [-0.2, 0) is 4.79 Å². The van der Waals surface area contributed by atoms with Gasteiger partial charge in [0.15, 0.2) is 5.82 Å². The number of hydrogen-bond acceptors (Lipinski definition) is 5. The third-order valence-corrected chi connectivity index (χ3v) is 4.49. The highest BCUT2D eigenvalue weighted by molar-refractivity contribution is 8.00. The van der Waals surface area contributed by atoms with Gasteiger partial charge in [0.25, 0.3) is 0 Å². The first-order valence-electron chi connectivity index (χ1n) is 7.18. The van der Waals surface area contributed by atoms with Crippen LogP contribution in [0.5, 0.6) is 0 Å². The fourth-order valence-electron chi connectivity index (χ4n) is 1.95. The van der Waals surface area contributed by atoms with E-state index in [1.807, 2.05) is 24.3 Å². The van der Waals surface area contributed by atoms with E-state index in [0.29, 0.717) is 21.7 Å². The van der Waals surface area contributed by atoms with E-state index in [9.17, 15) is 4.79 Å². The molecule has 0 saturated heterocycles. The highest BCUT2D eigenvalue weighted by atomic mass is 35.5. The van der Waals surface area contributed by atoms with Crippen molar-refractivity contribution < 1.29 is 4.79 Å². The summed E-state index contributed by atoms with van der Waals surface area (Å²) in [6, 6.07) is 10.8. The maximum atomic E-state index is 12.3. The van der Waals surface area contributed by atoms with E-state index >= 15 is 0 Å². The summed E-state index contributed by atoms with van der Waals surface area (Å²) in [7, 11) is 0. The van der Waals surface area contributed by atoms with Gasteiger partial charge in [-0.25, -0.2) is 4.98 Å². The van der Waals surface area contributed by atoms with Gasteiger partial charge in [0, 0.05) is 18.0 Å². The lowest BCUT2D eigenvalue weighted by Gasteiger charge is -2.11. The Hall–Kier alpha value is -2.38. The number of aromatic amines is 1. The Morgan fingerprint density at radius 1 is 1.25 bits per heavy atom. The summed E-state index contributed by atoms with van der Waals surface area (Å²) in [5.74, 6) is 0.474. The molecule has 3 aromatic rings. The number of hydrogen-bond donors (Lipinski definition) is 2. The molecule has 24 heavy (non-hydrogen) atoms. The van der Waals surface area contributed by atoms with Crippen molar-refractivity contribution >= 4 is 35.0 Å². The predicted octanol–water partition coefficient (Wildman–Crippen LogP) is 3.64. The molecule has 0 unspecified atom stereocenters. The molecule has 0 aliphatic carbocycles. The Labute approximate surface area is 148 Å². The number of nitrogens with zero attached hydrogens (tertiary/aromatic N) is 3. The lowest BCUT2D eigenvalue weighted by Crippen LogP contribution is -2.22. The lowest BCUT2D eigenvalue weighted by atomic mass is 10.3. The zero-order valence-electron chi connectivity index (χ0n) is 12.7. The molecule has 3 rings (SSSR count). The van der Waals surface area contributed by atoms with Gasteiger partial charge in [0.1, 0.15) is 0 Å². The third-order valence-electron chi connectivity index (χ3n) is 3.20. The van der Waals surface area contributed by atoms with Gasteiger partial charge < -0.3 is 5.32 Å². The van der Waals surface area contributed by atoms with Crippen LogP contribution in [0.15, 0.2) is 53.9 Å². The molecule has 0 aliphatic heterocycles. The minimum atomic E-state index is -0.373. The number of aromatic nitrogens is 4. The van der Waals surface area contributed by atoms with Crippen molar-refractivity contribution in [2.24, 2.45) is 0 Å². The Kier molecular flexibility index (Phi) is 5.12. The molecular formula is C16H14ClN5OS. The van der Waals surface area contributed by atoms with Crippen LogP contribution in [0.1, 0.15) is 6.92 Å². The van der Waals surface area contributed by atoms with Crippen molar-refractivity contribution in [1.82, 2.24) is 20.2 Å². The normalized spacial score (nSPS) is 11.9. The topological polar surface area (TPSA) is 83.6 Å². The van der Waals surface area contributed by atoms with Crippen LogP contribution in [0, 0.1) is 0 Å². The summed E-state index contributed by atoms with van der Waals surface area (Å²) >= 11 is 7.32. The number of carbonyl (C=O) groups is 1. The second kappa shape index (κ2) is 7.46. The van der Waals surface area contributed by atoms with Gasteiger partial charge >= 0.3 is 0 Å². The molecule has 0 saturated carbocycles. The lowest BCUT2D eigenvalue weighted by molar-refractivity contribution is -0.115. The fraction of sp³-hybridized carbons (Fsp3) is 0.125. The summed E-state index contributed by atoms with van der Waals surface area (Å²) in [6.07, 6.45) is 3.37. The molecule has 122 valence electrons. The van der Waals surface area contributed by atoms with Crippen LogP contribution in [0.3, 0.4) is 0 Å². The van der Waals surface area contributed by atoms with Crippen LogP contribution < -0.4 is 5.32 Å². The predicted molar refractivity (Wildman–Crippen MR) is 95.0 cm³/mol. The van der Waals surface area contributed by atoms with Crippen molar-refractivity contribution in [3.63, 3.8) is 0 Å². The van der Waals surface area contributed by atoms with E-state index in [0.717, 1.165) is 5.56 Å². The molecule has 1 amide bonds. The van der Waals surface area contributed by atoms with Crippen molar-refractivity contribution in [3.8, 4) is 11.4 Å². The Morgan fingerprint density at radius 3 is 2.75 bits per heavy atom. The fourth-order valence-corrected chi connectivity index (χ4v) is 2.85. The van der Waals surface area contributed by atoms with E-state index in [1.54, 1.807) is 31.5 Å². The molecular weight excluding hydrogens is 346 g/mol. The highest BCUT2D eigenvalue weighted by Crippen LogP contribution is 2.25. The summed E-state index contributed by atoms with van der Waals surface area (Å²) in [5.41, 5.74) is 1.47. The quantitative estimate of drug-likeness (QED) is 0.679. The maximum absolute atomic E-state index is 12.3. The Bertz CT molecular complexity index is 839. The van der Waals surface area contributed by atoms with Crippen molar-refractivity contribution in [1.29, 1.82) is 0 Å². The molecule has 6 nitrogen and oxygen atoms in total. The smallest absolute Gasteiger partial charge is 0.237 e. The molecule has 1 atom stereocenters. The molecule has 2 heterocycles. The maximum Gasteiger partial charge on any atom is 0.237 e. The number of carbonyl (C=O) groups excluding carboxylic acids is 1. The number of nitrogens with one attached hydrogen (secondary N) is 2. The van der Waals surface area contributed by atoms with Gasteiger partial charge in [0.05, 0.1) is 16.0 Å². The van der Waals surface area contributed by atoms with E-state index in [4.69, 9.17) is 11.6 Å². The first kappa shape index (κ1) is 16.5. The molecule has 0 aliphatic rings. The largest absolute Gasteiger partial charge is 0.324 e. The van der Waals surface area contributed by atoms with Gasteiger partial charge in [-0.05, 0) is 31.2 Å². The van der Waals surface area contributed by atoms with Crippen LogP contribution in [0.2, 0.25) is 5.02 Å². The monoisotopic (exact) mass is 359 g/mol. The number of benzene rings is 1. The summed E-state index contributed by atoms with van der Waals surface area (Å²) in [4.78, 5) is 20.6. The van der Waals surface area contributed by atoms with Crippen molar-refractivity contribution in [2.75, 3.05) is 5.32 Å². The van der Waals surface area contributed by atoms with Gasteiger partial charge in [-0.15, -0.1) is 5.10 Å². The minimum absolute atomic E-state index is 0.164. The number of amides is 1. The van der Waals surface area contributed by atoms with Gasteiger partial charge in [-0.2, -0.15) is 0 Å². The third kappa shape index (κ3) is 3.93. The Balaban J connectivity index is 1.65. The average Bonchev–Trinajstić information content (AvgIpc) is 3.06. The van der Waals surface area contributed by atoms with Gasteiger partial charge in [-0.3, -0.25) is 14.9 Å². The molecule has 0 bridgehead atoms. The van der Waals surface area contributed by atoms with Crippen molar-refractivity contribution in [3.05, 3.63) is 53.8 Å². The Morgan fingerprint density at radius 2 is 2.00 bits per heavy atom. The number of H-pyrrole nitrogens is 1. The number of anilines is 1. The molecule has 2 aromatic heterocycles. The number of halogens is 1. The molecule has 1 aromatic carbocycles. The van der Waals surface area contributed by atoms with E-state index < -0.39 is 0 Å². The summed E-state index contributed by atoms with van der Waals surface area (Å²) in [6.45, 7) is 1.79. The van der Waals surface area contributed by atoms with Crippen LogP contribution in [-0.4, -0.2) is 31.3 Å². The van der Waals surface area contributed by atoms with Crippen LogP contribution in [0.25, 0.3) is 11.4 Å². The molecule has 8 heteroatoms. The second-order valence-corrected chi connectivity index (χ2v) is 6.65. The SMILES string of the molecule is C[C@H](Sc1n[nH]c(-c2ccncc2)n1)C(=O)Nc1ccccc1Cl. The minimum Gasteiger partial charge on any atom is -0.324 e. The number of rotatable bonds is 5. The molecule has 2 N–H and O–H groups in total. The highest BCUT2D eigenvalue weighted by Gasteiger charge is 2.18. The average molecular weight is 360 g/mol. The zero-order chi connectivity index (χ0) is 16.9. The summed E-state index contributed by atoms with van der Waals surface area (Å²) < 4.78 is 0. The first-order chi connectivity index (χ1) is 11.6. The first-order valence-corrected chi connectivity index (χ1v) is 8.44. The van der Waals surface area contributed by atoms with E-state index in [1.165, 1.54) is 11.8 Å². The molecule has 0 fully saturated rings. The second-order valence-electron chi connectivity index (χ2n) is 4.93. The summed E-state index contributed by atoms with van der Waals surface area (Å²) in [5, 5.41) is 10.4. The molecule has 0 spiro atoms. The van der Waals surface area contributed by atoms with Crippen molar-refractivity contribution in [2.45, 2.75) is 17.3 Å². The van der Waals surface area contributed by atoms with Gasteiger partial charge in [0.2, 0.25) is 11.1 Å². The van der Waals surface area contributed by atoms with E-state index in [-0.39, 0.29) is 11.2 Å². The van der Waals surface area contributed by atoms with E-state index in [2.05, 4.69) is 25.5 Å². The number of pyridine rings is 1. The molecule has 0 radical (unpaired) electrons. The number of para-hydroxylation sites is 1.